The molecule has 0 spiro atoms. The van der Waals surface area contributed by atoms with Gasteiger partial charge < -0.3 is 19.5 Å². The number of anilines is 1. The summed E-state index contributed by atoms with van der Waals surface area (Å²) in [7, 11) is -0.777. The average molecular weight is 489 g/mol. The number of sulfonamides is 1. The van der Waals surface area contributed by atoms with E-state index < -0.39 is 15.8 Å². The van der Waals surface area contributed by atoms with Crippen LogP contribution in [0.25, 0.3) is 0 Å². The molecule has 0 bridgehead atoms. The van der Waals surface area contributed by atoms with Crippen LogP contribution in [0.15, 0.2) is 71.6 Å². The van der Waals surface area contributed by atoms with Gasteiger partial charge in [0, 0.05) is 5.69 Å². The Bertz CT molecular complexity index is 1230. The van der Waals surface area contributed by atoms with E-state index in [0.717, 1.165) is 17.7 Å². The van der Waals surface area contributed by atoms with Crippen molar-refractivity contribution < 1.29 is 31.8 Å². The number of nitrogens with one attached hydrogen (secondary N) is 2. The minimum atomic E-state index is -3.86. The molecule has 3 rings (SSSR count). The van der Waals surface area contributed by atoms with E-state index in [1.54, 1.807) is 19.2 Å². The van der Waals surface area contributed by atoms with Crippen LogP contribution in [0.1, 0.15) is 18.5 Å². The molecule has 10 heteroatoms. The summed E-state index contributed by atoms with van der Waals surface area (Å²) in [5, 5.41) is 2.83. The summed E-state index contributed by atoms with van der Waals surface area (Å²) < 4.78 is 56.3. The van der Waals surface area contributed by atoms with Gasteiger partial charge in [0.15, 0.2) is 18.1 Å². The number of rotatable bonds is 10. The molecule has 0 aliphatic heterocycles. The van der Waals surface area contributed by atoms with Gasteiger partial charge in [0.1, 0.15) is 11.6 Å². The lowest BCUT2D eigenvalue weighted by Gasteiger charge is -2.17. The first kappa shape index (κ1) is 24.8. The summed E-state index contributed by atoms with van der Waals surface area (Å²) in [5.41, 5.74) is 1.07. The quantitative estimate of drug-likeness (QED) is 0.449. The Morgan fingerprint density at radius 3 is 2.21 bits per heavy atom. The lowest BCUT2D eigenvalue weighted by molar-refractivity contribution is -0.123. The SMILES string of the molecule is COc1ccc([C@H](C)NC(=O)COc2ccc(S(=O)(=O)Nc3ccc(F)cc3)cc2)cc1OC. The lowest BCUT2D eigenvalue weighted by atomic mass is 10.1. The van der Waals surface area contributed by atoms with Crippen molar-refractivity contribution in [3.8, 4) is 17.2 Å². The van der Waals surface area contributed by atoms with Crippen molar-refractivity contribution >= 4 is 21.6 Å². The molecule has 0 saturated heterocycles. The third-order valence-corrected chi connectivity index (χ3v) is 6.28. The Balaban J connectivity index is 1.55. The Hall–Kier alpha value is -3.79. The predicted molar refractivity (Wildman–Crippen MR) is 125 cm³/mol. The fraction of sp³-hybridized carbons (Fsp3) is 0.208. The van der Waals surface area contributed by atoms with Crippen molar-refractivity contribution in [3.05, 3.63) is 78.1 Å². The molecule has 0 heterocycles. The standard InChI is InChI=1S/C24H25FN2O6S/c1-16(17-4-13-22(31-2)23(14-17)32-3)26-24(28)15-33-20-9-11-21(12-10-20)34(29,30)27-19-7-5-18(25)6-8-19/h4-14,16,27H,15H2,1-3H3,(H,26,28)/t16-/m0/s1. The van der Waals surface area contributed by atoms with Crippen molar-refractivity contribution in [2.45, 2.75) is 17.9 Å². The Morgan fingerprint density at radius 2 is 1.59 bits per heavy atom. The maximum absolute atomic E-state index is 13.0. The molecule has 3 aromatic carbocycles. The van der Waals surface area contributed by atoms with E-state index in [-0.39, 0.29) is 29.1 Å². The molecular formula is C24H25FN2O6S. The van der Waals surface area contributed by atoms with Gasteiger partial charge in [0.25, 0.3) is 15.9 Å². The van der Waals surface area contributed by atoms with Crippen molar-refractivity contribution in [2.75, 3.05) is 25.5 Å². The monoisotopic (exact) mass is 488 g/mol. The first-order chi connectivity index (χ1) is 16.2. The fourth-order valence-electron chi connectivity index (χ4n) is 3.08. The molecule has 0 saturated carbocycles. The van der Waals surface area contributed by atoms with Gasteiger partial charge in [0.2, 0.25) is 0 Å². The summed E-state index contributed by atoms with van der Waals surface area (Å²) in [4.78, 5) is 12.3. The Morgan fingerprint density at radius 1 is 0.941 bits per heavy atom. The zero-order valence-electron chi connectivity index (χ0n) is 18.9. The van der Waals surface area contributed by atoms with Gasteiger partial charge in [-0.05, 0) is 73.2 Å². The number of carbonyl (C=O) groups is 1. The molecule has 34 heavy (non-hydrogen) atoms. The molecular weight excluding hydrogens is 463 g/mol. The molecule has 0 aromatic heterocycles. The van der Waals surface area contributed by atoms with E-state index >= 15 is 0 Å². The summed E-state index contributed by atoms with van der Waals surface area (Å²) in [6, 6.07) is 15.6. The van der Waals surface area contributed by atoms with Crippen molar-refractivity contribution in [1.82, 2.24) is 5.32 Å². The second kappa shape index (κ2) is 10.9. The first-order valence-electron chi connectivity index (χ1n) is 10.2. The zero-order valence-corrected chi connectivity index (χ0v) is 19.7. The number of carbonyl (C=O) groups excluding carboxylic acids is 1. The van der Waals surface area contributed by atoms with E-state index in [4.69, 9.17) is 14.2 Å². The van der Waals surface area contributed by atoms with Gasteiger partial charge >= 0.3 is 0 Å². The minimum Gasteiger partial charge on any atom is -0.493 e. The third-order valence-electron chi connectivity index (χ3n) is 4.89. The summed E-state index contributed by atoms with van der Waals surface area (Å²) >= 11 is 0. The van der Waals surface area contributed by atoms with Crippen LogP contribution in [0.4, 0.5) is 10.1 Å². The number of hydrogen-bond donors (Lipinski definition) is 2. The zero-order chi connectivity index (χ0) is 24.7. The number of ether oxygens (including phenoxy) is 3. The predicted octanol–water partition coefficient (Wildman–Crippen LogP) is 3.90. The number of methoxy groups -OCH3 is 2. The minimum absolute atomic E-state index is 0.00398. The normalized spacial score (nSPS) is 11.9. The summed E-state index contributed by atoms with van der Waals surface area (Å²) in [6.07, 6.45) is 0. The van der Waals surface area contributed by atoms with Gasteiger partial charge in [-0.2, -0.15) is 0 Å². The van der Waals surface area contributed by atoms with Gasteiger partial charge in [-0.3, -0.25) is 9.52 Å². The lowest BCUT2D eigenvalue weighted by Crippen LogP contribution is -2.31. The van der Waals surface area contributed by atoms with Crippen LogP contribution in [0.3, 0.4) is 0 Å². The van der Waals surface area contributed by atoms with Crippen molar-refractivity contribution in [2.24, 2.45) is 0 Å². The molecule has 0 aliphatic rings. The fourth-order valence-corrected chi connectivity index (χ4v) is 4.14. The van der Waals surface area contributed by atoms with Crippen molar-refractivity contribution in [1.29, 1.82) is 0 Å². The molecule has 180 valence electrons. The molecule has 8 nitrogen and oxygen atoms in total. The maximum atomic E-state index is 13.0. The molecule has 2 N–H and O–H groups in total. The number of halogens is 1. The van der Waals surface area contributed by atoms with Gasteiger partial charge in [0.05, 0.1) is 25.2 Å². The van der Waals surface area contributed by atoms with E-state index in [2.05, 4.69) is 10.0 Å². The molecule has 1 amide bonds. The highest BCUT2D eigenvalue weighted by molar-refractivity contribution is 7.92. The van der Waals surface area contributed by atoms with Crippen LogP contribution in [0.5, 0.6) is 17.2 Å². The van der Waals surface area contributed by atoms with E-state index in [0.29, 0.717) is 17.2 Å². The Labute approximate surface area is 197 Å². The molecule has 0 unspecified atom stereocenters. The topological polar surface area (TPSA) is 103 Å². The van der Waals surface area contributed by atoms with E-state index in [1.165, 1.54) is 43.5 Å². The summed E-state index contributed by atoms with van der Waals surface area (Å²) in [6.45, 7) is 1.57. The second-order valence-electron chi connectivity index (χ2n) is 7.28. The molecule has 0 fully saturated rings. The number of hydrogen-bond acceptors (Lipinski definition) is 6. The van der Waals surface area contributed by atoms with Gasteiger partial charge in [-0.15, -0.1) is 0 Å². The summed E-state index contributed by atoms with van der Waals surface area (Å²) in [5.74, 6) is 0.658. The number of benzene rings is 3. The average Bonchev–Trinajstić information content (AvgIpc) is 2.83. The molecule has 3 aromatic rings. The van der Waals surface area contributed by atoms with Crippen LogP contribution < -0.4 is 24.2 Å². The van der Waals surface area contributed by atoms with Crippen LogP contribution in [-0.4, -0.2) is 35.2 Å². The van der Waals surface area contributed by atoms with Crippen LogP contribution in [0, 0.1) is 5.82 Å². The molecule has 0 radical (unpaired) electrons. The van der Waals surface area contributed by atoms with Crippen LogP contribution in [0.2, 0.25) is 0 Å². The highest BCUT2D eigenvalue weighted by Crippen LogP contribution is 2.29. The maximum Gasteiger partial charge on any atom is 0.261 e. The number of amides is 1. The van der Waals surface area contributed by atoms with Crippen LogP contribution in [-0.2, 0) is 14.8 Å². The van der Waals surface area contributed by atoms with Gasteiger partial charge in [-0.25, -0.2) is 12.8 Å². The van der Waals surface area contributed by atoms with Crippen LogP contribution >= 0.6 is 0 Å². The third kappa shape index (κ3) is 6.38. The van der Waals surface area contributed by atoms with E-state index in [9.17, 15) is 17.6 Å². The highest BCUT2D eigenvalue weighted by atomic mass is 32.2. The first-order valence-corrected chi connectivity index (χ1v) is 11.7. The Kier molecular flexibility index (Phi) is 7.95. The molecule has 1 atom stereocenters. The molecule has 0 aliphatic carbocycles. The smallest absolute Gasteiger partial charge is 0.261 e. The highest BCUT2D eigenvalue weighted by Gasteiger charge is 2.16. The largest absolute Gasteiger partial charge is 0.493 e. The van der Waals surface area contributed by atoms with E-state index in [1.807, 2.05) is 13.0 Å². The van der Waals surface area contributed by atoms with Gasteiger partial charge in [-0.1, -0.05) is 6.07 Å². The second-order valence-corrected chi connectivity index (χ2v) is 8.96. The van der Waals surface area contributed by atoms with Crippen molar-refractivity contribution in [3.63, 3.8) is 0 Å².